The topological polar surface area (TPSA) is 3.24 Å². The van der Waals surface area contributed by atoms with Crippen LogP contribution in [0.5, 0.6) is 0 Å². The van der Waals surface area contributed by atoms with Crippen molar-refractivity contribution in [1.29, 1.82) is 0 Å². The van der Waals surface area contributed by atoms with Crippen molar-refractivity contribution in [3.8, 4) is 11.1 Å². The first-order chi connectivity index (χ1) is 30.2. The molecule has 0 aliphatic rings. The number of rotatable bonds is 7. The highest BCUT2D eigenvalue weighted by molar-refractivity contribution is 6.98. The summed E-state index contributed by atoms with van der Waals surface area (Å²) in [5, 5.41) is 15.2. The summed E-state index contributed by atoms with van der Waals surface area (Å²) in [6, 6.07) is 83.3. The summed E-state index contributed by atoms with van der Waals surface area (Å²) < 4.78 is 0. The van der Waals surface area contributed by atoms with Gasteiger partial charge in [-0.15, -0.1) is 0 Å². The molecule has 1 nitrogen and oxygen atoms in total. The molecule has 0 spiro atoms. The molecule has 0 N–H and O–H groups in total. The van der Waals surface area contributed by atoms with E-state index in [9.17, 15) is 0 Å². The minimum atomic E-state index is 0.0410. The molecular formula is C59H40BN. The molecule has 12 rings (SSSR count). The summed E-state index contributed by atoms with van der Waals surface area (Å²) in [6.07, 6.45) is 0. The Morgan fingerprint density at radius 3 is 1.74 bits per heavy atom. The Morgan fingerprint density at radius 2 is 0.885 bits per heavy atom. The molecule has 0 radical (unpaired) electrons. The summed E-state index contributed by atoms with van der Waals surface area (Å²) in [5.74, 6) is 0. The Bertz CT molecular complexity index is 3620. The van der Waals surface area contributed by atoms with Crippen LogP contribution in [0.25, 0.3) is 75.8 Å². The highest BCUT2D eigenvalue weighted by atomic mass is 15.1. The zero-order chi connectivity index (χ0) is 40.4. The van der Waals surface area contributed by atoms with Gasteiger partial charge in [-0.3, -0.25) is 0 Å². The van der Waals surface area contributed by atoms with Gasteiger partial charge >= 0.3 is 0 Å². The van der Waals surface area contributed by atoms with Crippen LogP contribution in [0.1, 0.15) is 5.56 Å². The minimum absolute atomic E-state index is 0.0410. The highest BCUT2D eigenvalue weighted by Crippen LogP contribution is 2.47. The molecule has 0 amide bonds. The van der Waals surface area contributed by atoms with Crippen molar-refractivity contribution >= 4 is 105 Å². The summed E-state index contributed by atoms with van der Waals surface area (Å²) >= 11 is 0. The summed E-state index contributed by atoms with van der Waals surface area (Å²) in [7, 11) is 0. The third-order valence-electron chi connectivity index (χ3n) is 13.1. The van der Waals surface area contributed by atoms with Gasteiger partial charge in [0.25, 0.3) is 0 Å². The van der Waals surface area contributed by atoms with E-state index in [0.717, 1.165) is 17.1 Å². The number of benzene rings is 12. The van der Waals surface area contributed by atoms with E-state index in [1.807, 2.05) is 0 Å². The van der Waals surface area contributed by atoms with Gasteiger partial charge in [0.05, 0.1) is 11.4 Å². The van der Waals surface area contributed by atoms with E-state index in [-0.39, 0.29) is 6.71 Å². The standard InChI is InChI=1S/C59H40BN/c1-39-14-5-11-23-53(39)60(54-24-13-19-40-17-7-9-21-49(40)54)55-36-30-43-29-34-52-57(37-31-44-28-33-51(55)58(43)59(44)52)61(56-25-12-10-22-50(56)41-15-3-2-4-16-41)46-32-35-48-45(38-46)27-26-42-18-6-8-20-47(42)48/h2-38H,1H3. The molecule has 0 aromatic heterocycles. The Kier molecular flexibility index (Phi) is 8.25. The molecule has 61 heavy (non-hydrogen) atoms. The van der Waals surface area contributed by atoms with Crippen LogP contribution in [0, 0.1) is 6.92 Å². The number of hydrogen-bond acceptors (Lipinski definition) is 1. The second kappa shape index (κ2) is 14.3. The molecule has 0 heterocycles. The Balaban J connectivity index is 1.13. The summed E-state index contributed by atoms with van der Waals surface area (Å²) in [4.78, 5) is 2.50. The van der Waals surface area contributed by atoms with Gasteiger partial charge < -0.3 is 4.90 Å². The maximum Gasteiger partial charge on any atom is 0.243 e. The van der Waals surface area contributed by atoms with E-state index in [1.54, 1.807) is 0 Å². The highest BCUT2D eigenvalue weighted by Gasteiger charge is 2.28. The lowest BCUT2D eigenvalue weighted by atomic mass is 9.35. The fourth-order valence-corrected chi connectivity index (χ4v) is 10.2. The zero-order valence-electron chi connectivity index (χ0n) is 33.9. The second-order valence-corrected chi connectivity index (χ2v) is 16.4. The molecule has 0 aliphatic heterocycles. The van der Waals surface area contributed by atoms with E-state index in [4.69, 9.17) is 0 Å². The van der Waals surface area contributed by atoms with Crippen LogP contribution < -0.4 is 21.3 Å². The maximum atomic E-state index is 2.50. The van der Waals surface area contributed by atoms with Crippen LogP contribution >= 0.6 is 0 Å². The monoisotopic (exact) mass is 773 g/mol. The number of fused-ring (bicyclic) bond motifs is 4. The first-order valence-electron chi connectivity index (χ1n) is 21.3. The average molecular weight is 774 g/mol. The fraction of sp³-hybridized carbons (Fsp3) is 0.0169. The molecule has 0 unspecified atom stereocenters. The third kappa shape index (κ3) is 5.71. The lowest BCUT2D eigenvalue weighted by Gasteiger charge is -2.30. The first-order valence-corrected chi connectivity index (χ1v) is 21.3. The number of aryl methyl sites for hydroxylation is 1. The quantitative estimate of drug-likeness (QED) is 0.115. The number of anilines is 3. The van der Waals surface area contributed by atoms with Crippen LogP contribution in [0.15, 0.2) is 224 Å². The lowest BCUT2D eigenvalue weighted by Crippen LogP contribution is -2.53. The van der Waals surface area contributed by atoms with E-state index < -0.39 is 0 Å². The van der Waals surface area contributed by atoms with Gasteiger partial charge in [-0.25, -0.2) is 0 Å². The van der Waals surface area contributed by atoms with E-state index >= 15 is 0 Å². The molecule has 0 saturated carbocycles. The van der Waals surface area contributed by atoms with Gasteiger partial charge in [0.15, 0.2) is 0 Å². The van der Waals surface area contributed by atoms with Crippen LogP contribution in [0.4, 0.5) is 17.1 Å². The molecule has 0 fully saturated rings. The molecule has 0 bridgehead atoms. The average Bonchev–Trinajstić information content (AvgIpc) is 3.32. The van der Waals surface area contributed by atoms with E-state index in [0.29, 0.717) is 0 Å². The maximum absolute atomic E-state index is 2.50. The minimum Gasteiger partial charge on any atom is -0.309 e. The van der Waals surface area contributed by atoms with Crippen molar-refractivity contribution in [2.24, 2.45) is 0 Å². The predicted octanol–water partition coefficient (Wildman–Crippen LogP) is 14.0. The zero-order valence-corrected chi connectivity index (χ0v) is 33.9. The molecule has 284 valence electrons. The Hall–Kier alpha value is -7.68. The molecule has 12 aromatic carbocycles. The van der Waals surface area contributed by atoms with Gasteiger partial charge in [-0.1, -0.05) is 222 Å². The molecule has 0 saturated heterocycles. The van der Waals surface area contributed by atoms with Crippen molar-refractivity contribution in [1.82, 2.24) is 0 Å². The van der Waals surface area contributed by atoms with Gasteiger partial charge in [0.1, 0.15) is 0 Å². The number of hydrogen-bond donors (Lipinski definition) is 0. The lowest BCUT2D eigenvalue weighted by molar-refractivity contribution is 1.30. The SMILES string of the molecule is Cc1ccccc1B(c1cccc2ccccc12)c1ccc2ccc3c(N(c4ccc5c(ccc6ccccc65)c4)c4ccccc4-c4ccccc4)ccc4ccc1c2c43. The van der Waals surface area contributed by atoms with Crippen molar-refractivity contribution in [2.45, 2.75) is 6.92 Å². The van der Waals surface area contributed by atoms with Gasteiger partial charge in [-0.05, 0) is 96.0 Å². The molecule has 0 atom stereocenters. The molecule has 0 aliphatic carbocycles. The van der Waals surface area contributed by atoms with Crippen LogP contribution in [0.3, 0.4) is 0 Å². The van der Waals surface area contributed by atoms with Gasteiger partial charge in [0.2, 0.25) is 6.71 Å². The summed E-state index contributed by atoms with van der Waals surface area (Å²) in [6.45, 7) is 2.30. The molecule has 12 aromatic rings. The third-order valence-corrected chi connectivity index (χ3v) is 13.1. The number of para-hydroxylation sites is 1. The largest absolute Gasteiger partial charge is 0.309 e. The Labute approximate surface area is 356 Å². The normalized spacial score (nSPS) is 11.7. The molecular weight excluding hydrogens is 733 g/mol. The molecule has 2 heteroatoms. The predicted molar refractivity (Wildman–Crippen MR) is 265 cm³/mol. The first kappa shape index (κ1) is 35.3. The number of nitrogens with zero attached hydrogens (tertiary/aromatic N) is 1. The summed E-state index contributed by atoms with van der Waals surface area (Å²) in [5.41, 5.74) is 11.1. The van der Waals surface area contributed by atoms with Crippen molar-refractivity contribution in [3.63, 3.8) is 0 Å². The smallest absolute Gasteiger partial charge is 0.243 e. The van der Waals surface area contributed by atoms with Crippen LogP contribution in [-0.2, 0) is 0 Å². The van der Waals surface area contributed by atoms with Crippen molar-refractivity contribution < 1.29 is 0 Å². The van der Waals surface area contributed by atoms with Gasteiger partial charge in [-0.2, -0.15) is 0 Å². The second-order valence-electron chi connectivity index (χ2n) is 16.4. The van der Waals surface area contributed by atoms with Crippen molar-refractivity contribution in [3.05, 3.63) is 230 Å². The van der Waals surface area contributed by atoms with E-state index in [1.165, 1.54) is 97.7 Å². The van der Waals surface area contributed by atoms with Gasteiger partial charge in [0, 0.05) is 16.6 Å². The Morgan fingerprint density at radius 1 is 0.328 bits per heavy atom. The fourth-order valence-electron chi connectivity index (χ4n) is 10.2. The van der Waals surface area contributed by atoms with Crippen LogP contribution in [-0.4, -0.2) is 6.71 Å². The van der Waals surface area contributed by atoms with E-state index in [2.05, 4.69) is 236 Å². The van der Waals surface area contributed by atoms with Crippen molar-refractivity contribution in [2.75, 3.05) is 4.90 Å². The van der Waals surface area contributed by atoms with Crippen LogP contribution in [0.2, 0.25) is 0 Å².